The van der Waals surface area contributed by atoms with Crippen LogP contribution in [-0.2, 0) is 6.54 Å². The maximum absolute atomic E-state index is 13.5. The molecule has 0 amide bonds. The summed E-state index contributed by atoms with van der Waals surface area (Å²) >= 11 is 0. The molecular formula is C23H31FN4O2. The zero-order valence-electron chi connectivity index (χ0n) is 17.7. The molecule has 1 unspecified atom stereocenters. The molecule has 0 radical (unpaired) electrons. The number of methoxy groups -OCH3 is 1. The Morgan fingerprint density at radius 2 is 1.87 bits per heavy atom. The highest BCUT2D eigenvalue weighted by molar-refractivity contribution is 5.79. The molecule has 30 heavy (non-hydrogen) atoms. The van der Waals surface area contributed by atoms with Gasteiger partial charge in [0.05, 0.1) is 13.2 Å². The number of aromatic hydroxyl groups is 1. The predicted octanol–water partition coefficient (Wildman–Crippen LogP) is 3.43. The van der Waals surface area contributed by atoms with Crippen molar-refractivity contribution >= 4 is 5.96 Å². The molecular weight excluding hydrogens is 383 g/mol. The van der Waals surface area contributed by atoms with Crippen molar-refractivity contribution in [3.05, 3.63) is 59.4 Å². The highest BCUT2D eigenvalue weighted by Gasteiger charge is 2.22. The van der Waals surface area contributed by atoms with Crippen LogP contribution in [0.3, 0.4) is 0 Å². The molecule has 7 heteroatoms. The number of likely N-dealkylation sites (tertiary alicyclic amines) is 1. The number of phenols is 1. The molecule has 0 aromatic heterocycles. The number of guanidine groups is 1. The molecule has 3 rings (SSSR count). The van der Waals surface area contributed by atoms with Gasteiger partial charge in [-0.25, -0.2) is 4.39 Å². The van der Waals surface area contributed by atoms with Crippen molar-refractivity contribution < 1.29 is 14.2 Å². The summed E-state index contributed by atoms with van der Waals surface area (Å²) in [6, 6.07) is 12.8. The maximum atomic E-state index is 13.5. The number of aliphatic imine (C=N–C) groups is 1. The fourth-order valence-electron chi connectivity index (χ4n) is 3.77. The molecule has 1 atom stereocenters. The number of hydrogen-bond acceptors (Lipinski definition) is 4. The van der Waals surface area contributed by atoms with E-state index in [1.54, 1.807) is 20.2 Å². The summed E-state index contributed by atoms with van der Waals surface area (Å²) in [5.74, 6) is 0.536. The molecule has 1 fully saturated rings. The number of hydrogen-bond donors (Lipinski definition) is 3. The molecule has 2 aromatic rings. The van der Waals surface area contributed by atoms with E-state index < -0.39 is 5.82 Å². The zero-order valence-corrected chi connectivity index (χ0v) is 17.7. The van der Waals surface area contributed by atoms with E-state index in [2.05, 4.69) is 32.7 Å². The van der Waals surface area contributed by atoms with Crippen LogP contribution in [0, 0.1) is 5.82 Å². The van der Waals surface area contributed by atoms with E-state index >= 15 is 0 Å². The monoisotopic (exact) mass is 414 g/mol. The third-order valence-electron chi connectivity index (χ3n) is 5.49. The Bertz CT molecular complexity index is 836. The first kappa shape index (κ1) is 21.9. The largest absolute Gasteiger partial charge is 0.505 e. The van der Waals surface area contributed by atoms with Crippen LogP contribution in [0.15, 0.2) is 47.5 Å². The number of nitrogens with zero attached hydrogens (tertiary/aromatic N) is 2. The number of nitrogens with one attached hydrogen (secondary N) is 2. The summed E-state index contributed by atoms with van der Waals surface area (Å²) in [6.45, 7) is 3.28. The van der Waals surface area contributed by atoms with Crippen molar-refractivity contribution in [2.75, 3.05) is 33.8 Å². The molecule has 1 aliphatic rings. The van der Waals surface area contributed by atoms with Gasteiger partial charge in [-0.05, 0) is 61.3 Å². The van der Waals surface area contributed by atoms with Crippen LogP contribution < -0.4 is 15.4 Å². The second kappa shape index (κ2) is 10.8. The number of ether oxygens (including phenoxy) is 1. The van der Waals surface area contributed by atoms with Gasteiger partial charge in [0, 0.05) is 20.1 Å². The second-order valence-corrected chi connectivity index (χ2v) is 7.48. The fraction of sp³-hybridized carbons (Fsp3) is 0.435. The zero-order chi connectivity index (χ0) is 21.3. The minimum Gasteiger partial charge on any atom is -0.505 e. The average molecular weight is 415 g/mol. The minimum absolute atomic E-state index is 0.223. The van der Waals surface area contributed by atoms with Crippen molar-refractivity contribution in [3.63, 3.8) is 0 Å². The average Bonchev–Trinajstić information content (AvgIpc) is 2.79. The predicted molar refractivity (Wildman–Crippen MR) is 117 cm³/mol. The Labute approximate surface area is 177 Å². The van der Waals surface area contributed by atoms with Gasteiger partial charge in [0.15, 0.2) is 17.5 Å². The first-order chi connectivity index (χ1) is 14.6. The van der Waals surface area contributed by atoms with E-state index in [1.165, 1.54) is 37.0 Å². The number of piperidine rings is 1. The lowest BCUT2D eigenvalue weighted by Gasteiger charge is -2.35. The van der Waals surface area contributed by atoms with Crippen molar-refractivity contribution in [3.8, 4) is 11.5 Å². The van der Waals surface area contributed by atoms with Crippen LogP contribution in [0.5, 0.6) is 11.5 Å². The third kappa shape index (κ3) is 5.86. The molecule has 0 bridgehead atoms. The summed E-state index contributed by atoms with van der Waals surface area (Å²) in [7, 11) is 3.39. The molecule has 2 aromatic carbocycles. The molecule has 0 spiro atoms. The van der Waals surface area contributed by atoms with Crippen molar-refractivity contribution in [2.24, 2.45) is 4.99 Å². The standard InChI is InChI=1S/C23H31FN4O2/c1-25-23(26-15-17-6-11-22(29)20(24)14-17)27-16-21(28-12-4-3-5-13-28)18-7-9-19(30-2)10-8-18/h6-11,14,21,29H,3-5,12-13,15-16H2,1-2H3,(H2,25,26,27). The number of phenolic OH excluding ortho intramolecular Hbond substituents is 1. The summed E-state index contributed by atoms with van der Waals surface area (Å²) in [6.07, 6.45) is 3.71. The molecule has 6 nitrogen and oxygen atoms in total. The van der Waals surface area contributed by atoms with Gasteiger partial charge in [0.2, 0.25) is 0 Å². The Hall–Kier alpha value is -2.80. The lowest BCUT2D eigenvalue weighted by Crippen LogP contribution is -2.44. The highest BCUT2D eigenvalue weighted by atomic mass is 19.1. The maximum Gasteiger partial charge on any atom is 0.191 e. The fourth-order valence-corrected chi connectivity index (χ4v) is 3.77. The first-order valence-electron chi connectivity index (χ1n) is 10.4. The molecule has 3 N–H and O–H groups in total. The molecule has 1 heterocycles. The summed E-state index contributed by atoms with van der Waals surface area (Å²) in [4.78, 5) is 6.81. The Balaban J connectivity index is 1.64. The lowest BCUT2D eigenvalue weighted by molar-refractivity contribution is 0.164. The van der Waals surface area contributed by atoms with Gasteiger partial charge in [-0.3, -0.25) is 9.89 Å². The van der Waals surface area contributed by atoms with Gasteiger partial charge in [-0.15, -0.1) is 0 Å². The summed E-state index contributed by atoms with van der Waals surface area (Å²) < 4.78 is 18.8. The van der Waals surface area contributed by atoms with Gasteiger partial charge in [0.25, 0.3) is 0 Å². The van der Waals surface area contributed by atoms with Crippen molar-refractivity contribution in [1.29, 1.82) is 0 Å². The highest BCUT2D eigenvalue weighted by Crippen LogP contribution is 2.26. The van der Waals surface area contributed by atoms with Gasteiger partial charge in [-0.1, -0.05) is 24.6 Å². The van der Waals surface area contributed by atoms with Crippen LogP contribution in [0.25, 0.3) is 0 Å². The molecule has 0 aliphatic carbocycles. The van der Waals surface area contributed by atoms with E-state index in [-0.39, 0.29) is 11.8 Å². The van der Waals surface area contributed by atoms with Crippen LogP contribution >= 0.6 is 0 Å². The number of rotatable bonds is 7. The van der Waals surface area contributed by atoms with Crippen molar-refractivity contribution in [2.45, 2.75) is 31.8 Å². The normalized spacial score (nSPS) is 16.2. The smallest absolute Gasteiger partial charge is 0.191 e. The van der Waals surface area contributed by atoms with E-state index in [1.807, 2.05) is 12.1 Å². The van der Waals surface area contributed by atoms with Gasteiger partial charge in [0.1, 0.15) is 5.75 Å². The molecule has 162 valence electrons. The molecule has 1 aliphatic heterocycles. The lowest BCUT2D eigenvalue weighted by atomic mass is 10.0. The van der Waals surface area contributed by atoms with Crippen LogP contribution in [-0.4, -0.2) is 49.8 Å². The minimum atomic E-state index is -0.623. The Kier molecular flexibility index (Phi) is 7.90. The summed E-state index contributed by atoms with van der Waals surface area (Å²) in [5, 5.41) is 16.0. The molecule has 0 saturated carbocycles. The SMILES string of the molecule is CN=C(NCc1ccc(O)c(F)c1)NCC(c1ccc(OC)cc1)N1CCCCC1. The van der Waals surface area contributed by atoms with E-state index in [0.29, 0.717) is 19.0 Å². The Morgan fingerprint density at radius 3 is 2.50 bits per heavy atom. The van der Waals surface area contributed by atoms with Gasteiger partial charge < -0.3 is 20.5 Å². The van der Waals surface area contributed by atoms with E-state index in [0.717, 1.165) is 24.4 Å². The van der Waals surface area contributed by atoms with Crippen LogP contribution in [0.1, 0.15) is 36.4 Å². The topological polar surface area (TPSA) is 69.1 Å². The third-order valence-corrected chi connectivity index (χ3v) is 5.49. The Morgan fingerprint density at radius 1 is 1.13 bits per heavy atom. The second-order valence-electron chi connectivity index (χ2n) is 7.48. The first-order valence-corrected chi connectivity index (χ1v) is 10.4. The van der Waals surface area contributed by atoms with Gasteiger partial charge in [-0.2, -0.15) is 0 Å². The van der Waals surface area contributed by atoms with E-state index in [9.17, 15) is 9.50 Å². The van der Waals surface area contributed by atoms with Gasteiger partial charge >= 0.3 is 0 Å². The van der Waals surface area contributed by atoms with Crippen LogP contribution in [0.2, 0.25) is 0 Å². The quantitative estimate of drug-likeness (QED) is 0.478. The van der Waals surface area contributed by atoms with Crippen LogP contribution in [0.4, 0.5) is 4.39 Å². The van der Waals surface area contributed by atoms with E-state index in [4.69, 9.17) is 4.74 Å². The molecule has 1 saturated heterocycles. The number of benzene rings is 2. The summed E-state index contributed by atoms with van der Waals surface area (Å²) in [5.41, 5.74) is 1.97. The van der Waals surface area contributed by atoms with Crippen molar-refractivity contribution in [1.82, 2.24) is 15.5 Å². The number of halogens is 1.